The molecular weight excluding hydrogens is 465 g/mol. The number of pyridine rings is 1. The molecule has 3 aromatic rings. The molecule has 3 aromatic heterocycles. The Labute approximate surface area is 183 Å². The van der Waals surface area contributed by atoms with E-state index in [0.29, 0.717) is 6.54 Å². The van der Waals surface area contributed by atoms with Crippen molar-refractivity contribution >= 4 is 29.9 Å². The fourth-order valence-electron chi connectivity index (χ4n) is 2.83. The lowest BCUT2D eigenvalue weighted by Crippen LogP contribution is -2.38. The molecule has 2 N–H and O–H groups in total. The first-order chi connectivity index (χ1) is 13.2. The Bertz CT molecular complexity index is 867. The lowest BCUT2D eigenvalue weighted by Gasteiger charge is -2.12. The lowest BCUT2D eigenvalue weighted by molar-refractivity contribution is 0.665. The van der Waals surface area contributed by atoms with Gasteiger partial charge in [-0.2, -0.15) is 5.10 Å². The highest BCUT2D eigenvalue weighted by atomic mass is 127. The van der Waals surface area contributed by atoms with Gasteiger partial charge in [0, 0.05) is 43.9 Å². The van der Waals surface area contributed by atoms with E-state index in [4.69, 9.17) is 0 Å². The van der Waals surface area contributed by atoms with Gasteiger partial charge in [0.05, 0.1) is 12.2 Å². The normalized spacial score (nSPS) is 11.2. The smallest absolute Gasteiger partial charge is 0.191 e. The van der Waals surface area contributed by atoms with Crippen LogP contribution in [0.25, 0.3) is 5.82 Å². The quantitative estimate of drug-likeness (QED) is 0.302. The predicted octanol–water partition coefficient (Wildman–Crippen LogP) is 3.06. The minimum Gasteiger partial charge on any atom is -0.357 e. The van der Waals surface area contributed by atoms with Crippen molar-refractivity contribution < 1.29 is 0 Å². The SMILES string of the molecule is CCNC(=NCc1ccc(-n2nc(C)cc2C)nc1)NCCn1cccc1.I. The lowest BCUT2D eigenvalue weighted by atomic mass is 10.3. The largest absolute Gasteiger partial charge is 0.357 e. The zero-order chi connectivity index (χ0) is 19.1. The number of halogens is 1. The van der Waals surface area contributed by atoms with E-state index in [1.54, 1.807) is 0 Å². The number of aryl methyl sites for hydroxylation is 2. The Morgan fingerprint density at radius 3 is 2.54 bits per heavy atom. The van der Waals surface area contributed by atoms with Crippen molar-refractivity contribution in [2.45, 2.75) is 33.9 Å². The van der Waals surface area contributed by atoms with Crippen LogP contribution in [0.15, 0.2) is 53.9 Å². The zero-order valence-electron chi connectivity index (χ0n) is 16.6. The van der Waals surface area contributed by atoms with E-state index in [9.17, 15) is 0 Å². The first kappa shape index (κ1) is 21.9. The van der Waals surface area contributed by atoms with Gasteiger partial charge in [-0.1, -0.05) is 6.07 Å². The van der Waals surface area contributed by atoms with Crippen molar-refractivity contribution in [1.29, 1.82) is 0 Å². The number of guanidine groups is 1. The van der Waals surface area contributed by atoms with Gasteiger partial charge in [-0.05, 0) is 50.6 Å². The van der Waals surface area contributed by atoms with E-state index < -0.39 is 0 Å². The molecule has 0 aliphatic carbocycles. The molecule has 0 radical (unpaired) electrons. The molecule has 28 heavy (non-hydrogen) atoms. The molecule has 0 unspecified atom stereocenters. The monoisotopic (exact) mass is 493 g/mol. The van der Waals surface area contributed by atoms with Crippen LogP contribution in [-0.4, -0.2) is 38.4 Å². The van der Waals surface area contributed by atoms with Crippen molar-refractivity contribution in [3.8, 4) is 5.82 Å². The van der Waals surface area contributed by atoms with Gasteiger partial charge >= 0.3 is 0 Å². The van der Waals surface area contributed by atoms with Gasteiger partial charge in [0.15, 0.2) is 11.8 Å². The molecule has 3 rings (SSSR count). The van der Waals surface area contributed by atoms with Crippen LogP contribution in [0.5, 0.6) is 0 Å². The summed E-state index contributed by atoms with van der Waals surface area (Å²) in [5, 5.41) is 11.1. The molecule has 0 saturated heterocycles. The molecule has 0 aliphatic rings. The van der Waals surface area contributed by atoms with Gasteiger partial charge in [0.1, 0.15) is 0 Å². The highest BCUT2D eigenvalue weighted by molar-refractivity contribution is 14.0. The maximum atomic E-state index is 4.65. The molecule has 150 valence electrons. The molecule has 0 spiro atoms. The molecule has 0 fully saturated rings. The number of rotatable bonds is 7. The summed E-state index contributed by atoms with van der Waals surface area (Å²) in [4.78, 5) is 9.18. The van der Waals surface area contributed by atoms with Gasteiger partial charge in [0.25, 0.3) is 0 Å². The minimum absolute atomic E-state index is 0. The maximum Gasteiger partial charge on any atom is 0.191 e. The topological polar surface area (TPSA) is 72.1 Å². The van der Waals surface area contributed by atoms with Crippen molar-refractivity contribution in [2.75, 3.05) is 13.1 Å². The van der Waals surface area contributed by atoms with Crippen molar-refractivity contribution in [1.82, 2.24) is 30.0 Å². The Morgan fingerprint density at radius 2 is 1.93 bits per heavy atom. The molecule has 8 heteroatoms. The molecule has 0 saturated carbocycles. The van der Waals surface area contributed by atoms with Crippen molar-refractivity contribution in [3.05, 3.63) is 65.9 Å². The molecular formula is C20H28IN7. The number of hydrogen-bond acceptors (Lipinski definition) is 3. The molecule has 0 atom stereocenters. The number of hydrogen-bond donors (Lipinski definition) is 2. The third kappa shape index (κ3) is 6.08. The van der Waals surface area contributed by atoms with Crippen molar-refractivity contribution in [3.63, 3.8) is 0 Å². The highest BCUT2D eigenvalue weighted by Gasteiger charge is 2.05. The second-order valence-electron chi connectivity index (χ2n) is 6.41. The predicted molar refractivity (Wildman–Crippen MR) is 123 cm³/mol. The number of nitrogens with zero attached hydrogens (tertiary/aromatic N) is 5. The number of nitrogens with one attached hydrogen (secondary N) is 2. The van der Waals surface area contributed by atoms with Crippen LogP contribution in [0, 0.1) is 13.8 Å². The first-order valence-corrected chi connectivity index (χ1v) is 9.27. The van der Waals surface area contributed by atoms with E-state index in [1.807, 2.05) is 55.1 Å². The Kier molecular flexibility index (Phi) is 8.49. The van der Waals surface area contributed by atoms with Gasteiger partial charge < -0.3 is 15.2 Å². The van der Waals surface area contributed by atoms with E-state index in [0.717, 1.165) is 48.4 Å². The second-order valence-corrected chi connectivity index (χ2v) is 6.41. The average molecular weight is 493 g/mol. The zero-order valence-corrected chi connectivity index (χ0v) is 18.9. The fourth-order valence-corrected chi connectivity index (χ4v) is 2.83. The molecule has 0 aliphatic heterocycles. The molecule has 0 aromatic carbocycles. The van der Waals surface area contributed by atoms with Gasteiger partial charge in [0.2, 0.25) is 0 Å². The van der Waals surface area contributed by atoms with Gasteiger partial charge in [-0.25, -0.2) is 14.7 Å². The summed E-state index contributed by atoms with van der Waals surface area (Å²) in [6.45, 7) is 9.19. The summed E-state index contributed by atoms with van der Waals surface area (Å²) in [6.07, 6.45) is 5.97. The maximum absolute atomic E-state index is 4.65. The number of aliphatic imine (C=N–C) groups is 1. The molecule has 7 nitrogen and oxygen atoms in total. The van der Waals surface area contributed by atoms with Crippen LogP contribution in [0.3, 0.4) is 0 Å². The van der Waals surface area contributed by atoms with E-state index in [-0.39, 0.29) is 24.0 Å². The third-order valence-electron chi connectivity index (χ3n) is 4.13. The first-order valence-electron chi connectivity index (χ1n) is 9.27. The standard InChI is InChI=1S/C20H27N7.HI/c1-4-21-20(22-9-12-26-10-5-6-11-26)24-15-18-7-8-19(23-14-18)27-17(3)13-16(2)25-27;/h5-8,10-11,13-14H,4,9,12,15H2,1-3H3,(H2,21,22,24);1H. The summed E-state index contributed by atoms with van der Waals surface area (Å²) in [6, 6.07) is 10.1. The summed E-state index contributed by atoms with van der Waals surface area (Å²) >= 11 is 0. The van der Waals surface area contributed by atoms with Crippen molar-refractivity contribution in [2.24, 2.45) is 4.99 Å². The molecule has 3 heterocycles. The van der Waals surface area contributed by atoms with Crippen LogP contribution in [0.1, 0.15) is 23.9 Å². The van der Waals surface area contributed by atoms with E-state index >= 15 is 0 Å². The summed E-state index contributed by atoms with van der Waals surface area (Å²) in [5.74, 6) is 1.64. The Balaban J connectivity index is 0.00000280. The fraction of sp³-hybridized carbons (Fsp3) is 0.350. The average Bonchev–Trinajstić information content (AvgIpc) is 3.29. The summed E-state index contributed by atoms with van der Waals surface area (Å²) in [7, 11) is 0. The summed E-state index contributed by atoms with van der Waals surface area (Å²) < 4.78 is 3.99. The minimum atomic E-state index is 0. The Morgan fingerprint density at radius 1 is 1.14 bits per heavy atom. The van der Waals surface area contributed by atoms with Crippen LogP contribution >= 0.6 is 24.0 Å². The van der Waals surface area contributed by atoms with Gasteiger partial charge in [-0.3, -0.25) is 0 Å². The van der Waals surface area contributed by atoms with E-state index in [1.165, 1.54) is 0 Å². The van der Waals surface area contributed by atoms with Crippen LogP contribution in [0.2, 0.25) is 0 Å². The van der Waals surface area contributed by atoms with Gasteiger partial charge in [-0.15, -0.1) is 24.0 Å². The number of aromatic nitrogens is 4. The Hall–Kier alpha value is -2.36. The van der Waals surface area contributed by atoms with Crippen LogP contribution in [0.4, 0.5) is 0 Å². The molecule has 0 amide bonds. The summed E-state index contributed by atoms with van der Waals surface area (Å²) in [5.41, 5.74) is 3.12. The van der Waals surface area contributed by atoms with Crippen LogP contribution < -0.4 is 10.6 Å². The third-order valence-corrected chi connectivity index (χ3v) is 4.13. The van der Waals surface area contributed by atoms with Crippen LogP contribution in [-0.2, 0) is 13.1 Å². The van der Waals surface area contributed by atoms with E-state index in [2.05, 4.69) is 49.6 Å². The molecule has 0 bridgehead atoms. The second kappa shape index (κ2) is 10.8. The highest BCUT2D eigenvalue weighted by Crippen LogP contribution is 2.10.